The second-order valence-corrected chi connectivity index (χ2v) is 5.10. The van der Waals surface area contributed by atoms with Gasteiger partial charge in [0, 0.05) is 30.4 Å². The van der Waals surface area contributed by atoms with Crippen LogP contribution in [-0.2, 0) is 0 Å². The fraction of sp³-hybridized carbons (Fsp3) is 0. The Morgan fingerprint density at radius 3 is 2.40 bits per heavy atom. The van der Waals surface area contributed by atoms with Crippen LogP contribution >= 0.6 is 0 Å². The fourth-order valence-corrected chi connectivity index (χ4v) is 2.38. The number of aromatic nitrogens is 6. The Morgan fingerprint density at radius 2 is 1.56 bits per heavy atom. The highest BCUT2D eigenvalue weighted by Crippen LogP contribution is 2.29. The van der Waals surface area contributed by atoms with Gasteiger partial charge in [-0.3, -0.25) is 4.98 Å². The van der Waals surface area contributed by atoms with E-state index >= 15 is 0 Å². The predicted molar refractivity (Wildman–Crippen MR) is 93.8 cm³/mol. The maximum atomic E-state index is 4.44. The quantitative estimate of drug-likeness (QED) is 0.616. The first-order valence-corrected chi connectivity index (χ1v) is 7.62. The van der Waals surface area contributed by atoms with Crippen LogP contribution in [0, 0.1) is 0 Å². The summed E-state index contributed by atoms with van der Waals surface area (Å²) in [6.45, 7) is 0. The minimum atomic E-state index is 0.516. The van der Waals surface area contributed by atoms with Gasteiger partial charge < -0.3 is 5.32 Å². The molecule has 120 valence electrons. The van der Waals surface area contributed by atoms with Gasteiger partial charge in [0.2, 0.25) is 0 Å². The molecule has 0 aliphatic rings. The standard InChI is InChI=1S/C18H13N7/c1-2-7-20-14(6-1)13-5-3-8-21-17(13)25-15-11-19-12-24-16(15)18-22-9-4-10-23-18/h1-12H,(H,21,25). The minimum absolute atomic E-state index is 0.516. The summed E-state index contributed by atoms with van der Waals surface area (Å²) in [5.41, 5.74) is 2.98. The first kappa shape index (κ1) is 14.8. The largest absolute Gasteiger partial charge is 0.337 e. The third-order valence-corrected chi connectivity index (χ3v) is 3.49. The van der Waals surface area contributed by atoms with E-state index in [0.717, 1.165) is 11.3 Å². The molecule has 4 aromatic heterocycles. The van der Waals surface area contributed by atoms with Crippen LogP contribution in [0.3, 0.4) is 0 Å². The van der Waals surface area contributed by atoms with Gasteiger partial charge in [-0.2, -0.15) is 0 Å². The van der Waals surface area contributed by atoms with Crippen LogP contribution in [0.1, 0.15) is 0 Å². The number of anilines is 2. The maximum absolute atomic E-state index is 4.44. The number of pyridine rings is 2. The molecule has 0 amide bonds. The lowest BCUT2D eigenvalue weighted by atomic mass is 10.1. The van der Waals surface area contributed by atoms with Crippen LogP contribution in [0.5, 0.6) is 0 Å². The summed E-state index contributed by atoms with van der Waals surface area (Å²) in [5, 5.41) is 3.28. The highest BCUT2D eigenvalue weighted by Gasteiger charge is 2.13. The van der Waals surface area contributed by atoms with Crippen LogP contribution in [0.15, 0.2) is 73.7 Å². The monoisotopic (exact) mass is 327 g/mol. The highest BCUT2D eigenvalue weighted by molar-refractivity contribution is 5.80. The number of hydrogen-bond acceptors (Lipinski definition) is 7. The van der Waals surface area contributed by atoms with Crippen LogP contribution < -0.4 is 5.32 Å². The van der Waals surface area contributed by atoms with Crippen molar-refractivity contribution in [3.8, 4) is 22.8 Å². The molecule has 0 atom stereocenters. The maximum Gasteiger partial charge on any atom is 0.180 e. The van der Waals surface area contributed by atoms with Crippen molar-refractivity contribution in [2.75, 3.05) is 5.32 Å². The zero-order valence-corrected chi connectivity index (χ0v) is 13.1. The second kappa shape index (κ2) is 6.79. The van der Waals surface area contributed by atoms with Gasteiger partial charge in [0.05, 0.1) is 17.6 Å². The summed E-state index contributed by atoms with van der Waals surface area (Å²) in [6, 6.07) is 11.3. The van der Waals surface area contributed by atoms with Gasteiger partial charge in [0.25, 0.3) is 0 Å². The fourth-order valence-electron chi connectivity index (χ4n) is 2.38. The minimum Gasteiger partial charge on any atom is -0.337 e. The average Bonchev–Trinajstić information content (AvgIpc) is 2.70. The van der Waals surface area contributed by atoms with Crippen molar-refractivity contribution in [1.82, 2.24) is 29.9 Å². The van der Waals surface area contributed by atoms with E-state index in [9.17, 15) is 0 Å². The molecule has 0 aliphatic carbocycles. The molecule has 0 bridgehead atoms. The molecular formula is C18H13N7. The smallest absolute Gasteiger partial charge is 0.180 e. The van der Waals surface area contributed by atoms with E-state index in [2.05, 4.69) is 35.2 Å². The van der Waals surface area contributed by atoms with Crippen molar-refractivity contribution in [2.45, 2.75) is 0 Å². The predicted octanol–water partition coefficient (Wildman–Crippen LogP) is 3.13. The normalized spacial score (nSPS) is 10.4. The number of hydrogen-bond donors (Lipinski definition) is 1. The van der Waals surface area contributed by atoms with Crippen LogP contribution in [-0.4, -0.2) is 29.9 Å². The summed E-state index contributed by atoms with van der Waals surface area (Å²) < 4.78 is 0. The molecular weight excluding hydrogens is 314 g/mol. The molecule has 7 nitrogen and oxygen atoms in total. The van der Waals surface area contributed by atoms with E-state index < -0.39 is 0 Å². The molecule has 0 saturated heterocycles. The summed E-state index contributed by atoms with van der Waals surface area (Å²) in [4.78, 5) is 25.8. The Bertz CT molecular complexity index is 894. The molecule has 7 heteroatoms. The zero-order valence-electron chi connectivity index (χ0n) is 13.1. The van der Waals surface area contributed by atoms with Crippen LogP contribution in [0.4, 0.5) is 11.5 Å². The molecule has 0 spiro atoms. The van der Waals surface area contributed by atoms with E-state index in [1.54, 1.807) is 37.1 Å². The van der Waals surface area contributed by atoms with Gasteiger partial charge in [0.1, 0.15) is 17.8 Å². The molecule has 0 fully saturated rings. The molecule has 0 unspecified atom stereocenters. The molecule has 1 N–H and O–H groups in total. The van der Waals surface area contributed by atoms with E-state index in [1.807, 2.05) is 30.3 Å². The third kappa shape index (κ3) is 3.16. The zero-order chi connectivity index (χ0) is 16.9. The third-order valence-electron chi connectivity index (χ3n) is 3.49. The highest BCUT2D eigenvalue weighted by atomic mass is 15.0. The molecule has 0 saturated carbocycles. The van der Waals surface area contributed by atoms with Gasteiger partial charge in [0.15, 0.2) is 5.82 Å². The Labute approximate surface area is 143 Å². The van der Waals surface area contributed by atoms with E-state index in [4.69, 9.17) is 0 Å². The topological polar surface area (TPSA) is 89.4 Å². The van der Waals surface area contributed by atoms with Crippen molar-refractivity contribution >= 4 is 11.5 Å². The van der Waals surface area contributed by atoms with E-state index in [-0.39, 0.29) is 0 Å². The molecule has 4 rings (SSSR count). The first-order valence-electron chi connectivity index (χ1n) is 7.62. The van der Waals surface area contributed by atoms with Crippen molar-refractivity contribution < 1.29 is 0 Å². The van der Waals surface area contributed by atoms with Gasteiger partial charge in [-0.05, 0) is 30.3 Å². The average molecular weight is 327 g/mol. The molecule has 0 aromatic carbocycles. The van der Waals surface area contributed by atoms with Crippen molar-refractivity contribution in [3.63, 3.8) is 0 Å². The van der Waals surface area contributed by atoms with Gasteiger partial charge >= 0.3 is 0 Å². The summed E-state index contributed by atoms with van der Waals surface area (Å²) >= 11 is 0. The van der Waals surface area contributed by atoms with E-state index in [1.165, 1.54) is 6.33 Å². The Balaban J connectivity index is 1.76. The van der Waals surface area contributed by atoms with E-state index in [0.29, 0.717) is 23.0 Å². The molecule has 0 aliphatic heterocycles. The molecule has 25 heavy (non-hydrogen) atoms. The number of nitrogens with zero attached hydrogens (tertiary/aromatic N) is 6. The van der Waals surface area contributed by atoms with Crippen molar-refractivity contribution in [2.24, 2.45) is 0 Å². The van der Waals surface area contributed by atoms with Crippen molar-refractivity contribution in [1.29, 1.82) is 0 Å². The SMILES string of the molecule is c1ccc(-c2cccnc2Nc2cncnc2-c2ncccn2)nc1. The number of nitrogens with one attached hydrogen (secondary N) is 1. The van der Waals surface area contributed by atoms with Gasteiger partial charge in [-0.25, -0.2) is 24.9 Å². The lowest BCUT2D eigenvalue weighted by molar-refractivity contribution is 1.10. The number of rotatable bonds is 4. The lowest BCUT2D eigenvalue weighted by Crippen LogP contribution is -2.02. The van der Waals surface area contributed by atoms with Crippen molar-refractivity contribution in [3.05, 3.63) is 73.7 Å². The molecule has 4 heterocycles. The summed E-state index contributed by atoms with van der Waals surface area (Å²) in [6.07, 6.45) is 9.96. The van der Waals surface area contributed by atoms with Crippen LogP contribution in [0.2, 0.25) is 0 Å². The van der Waals surface area contributed by atoms with Crippen LogP contribution in [0.25, 0.3) is 22.8 Å². The first-order chi connectivity index (χ1) is 12.4. The van der Waals surface area contributed by atoms with Gasteiger partial charge in [-0.1, -0.05) is 6.07 Å². The lowest BCUT2D eigenvalue weighted by Gasteiger charge is -2.12. The Kier molecular flexibility index (Phi) is 4.03. The second-order valence-electron chi connectivity index (χ2n) is 5.10. The summed E-state index contributed by atoms with van der Waals surface area (Å²) in [5.74, 6) is 1.18. The molecule has 0 radical (unpaired) electrons. The van der Waals surface area contributed by atoms with Gasteiger partial charge in [-0.15, -0.1) is 0 Å². The Hall–Kier alpha value is -3.74. The Morgan fingerprint density at radius 1 is 0.720 bits per heavy atom. The summed E-state index contributed by atoms with van der Waals surface area (Å²) in [7, 11) is 0. The molecule has 4 aromatic rings.